The molecule has 0 saturated carbocycles. The highest BCUT2D eigenvalue weighted by atomic mass is 19.1. The summed E-state index contributed by atoms with van der Waals surface area (Å²) >= 11 is 0. The van der Waals surface area contributed by atoms with Gasteiger partial charge in [0.05, 0.1) is 24.6 Å². The van der Waals surface area contributed by atoms with E-state index in [0.717, 1.165) is 0 Å². The highest BCUT2D eigenvalue weighted by Crippen LogP contribution is 2.27. The lowest BCUT2D eigenvalue weighted by molar-refractivity contribution is 0.202. The summed E-state index contributed by atoms with van der Waals surface area (Å²) in [4.78, 5) is 15.7. The van der Waals surface area contributed by atoms with E-state index in [9.17, 15) is 9.18 Å². The van der Waals surface area contributed by atoms with Crippen LogP contribution in [0.15, 0.2) is 47.4 Å². The number of pyridine rings is 1. The number of nitrogens with one attached hydrogen (secondary N) is 1. The van der Waals surface area contributed by atoms with Crippen LogP contribution in [-0.2, 0) is 0 Å². The van der Waals surface area contributed by atoms with Crippen molar-refractivity contribution in [3.63, 3.8) is 0 Å². The predicted molar refractivity (Wildman–Crippen MR) is 89.1 cm³/mol. The molecular weight excluding hydrogens is 313 g/mol. The third-order valence-electron chi connectivity index (χ3n) is 3.70. The molecule has 0 aliphatic heterocycles. The highest BCUT2D eigenvalue weighted by molar-refractivity contribution is 5.88. The zero-order valence-electron chi connectivity index (χ0n) is 13.0. The second-order valence-electron chi connectivity index (χ2n) is 5.13. The van der Waals surface area contributed by atoms with Gasteiger partial charge in [0.15, 0.2) is 5.43 Å². The number of halogens is 1. The van der Waals surface area contributed by atoms with Crippen molar-refractivity contribution in [3.8, 4) is 22.6 Å². The molecule has 0 spiro atoms. The zero-order valence-corrected chi connectivity index (χ0v) is 13.0. The summed E-state index contributed by atoms with van der Waals surface area (Å²) in [5.74, 6) is 0.360. The molecule has 124 valence electrons. The van der Waals surface area contributed by atoms with Crippen LogP contribution in [0, 0.1) is 5.82 Å². The molecule has 5 nitrogen and oxygen atoms in total. The maximum atomic E-state index is 14.2. The fourth-order valence-electron chi connectivity index (χ4n) is 2.53. The number of aliphatic hydroxyl groups is 1. The quantitative estimate of drug-likeness (QED) is 0.755. The van der Waals surface area contributed by atoms with E-state index in [1.165, 1.54) is 18.3 Å². The van der Waals surface area contributed by atoms with Crippen LogP contribution < -0.4 is 14.9 Å². The fourth-order valence-corrected chi connectivity index (χ4v) is 2.53. The molecule has 0 aliphatic carbocycles. The fraction of sp³-hybridized carbons (Fsp3) is 0.167. The standard InChI is InChI=1S/C18H16FNO4/c1-23-12-4-2-11(3-5-12)13-10-20-17-15(24-9-8-21)7-6-14(19)16(17)18(13)22/h2-7,10,21H,8-9H2,1H3,(H,20,22). The molecule has 0 radical (unpaired) electrons. The summed E-state index contributed by atoms with van der Waals surface area (Å²) in [6.45, 7) is -0.115. The normalized spacial score (nSPS) is 10.8. The average molecular weight is 329 g/mol. The lowest BCUT2D eigenvalue weighted by atomic mass is 10.0. The van der Waals surface area contributed by atoms with E-state index >= 15 is 0 Å². The van der Waals surface area contributed by atoms with E-state index in [0.29, 0.717) is 22.6 Å². The van der Waals surface area contributed by atoms with Gasteiger partial charge in [-0.1, -0.05) is 12.1 Å². The van der Waals surface area contributed by atoms with Crippen molar-refractivity contribution < 1.29 is 19.0 Å². The van der Waals surface area contributed by atoms with Gasteiger partial charge in [-0.15, -0.1) is 0 Å². The SMILES string of the molecule is COc1ccc(-c2c[nH]c3c(OCCO)ccc(F)c3c2=O)cc1. The van der Waals surface area contributed by atoms with Gasteiger partial charge in [-0.2, -0.15) is 0 Å². The minimum absolute atomic E-state index is 0.0585. The Hall–Kier alpha value is -2.86. The van der Waals surface area contributed by atoms with Crippen molar-refractivity contribution in [2.75, 3.05) is 20.3 Å². The van der Waals surface area contributed by atoms with Crippen molar-refractivity contribution in [1.29, 1.82) is 0 Å². The molecule has 1 aromatic heterocycles. The number of H-pyrrole nitrogens is 1. The van der Waals surface area contributed by atoms with Crippen LogP contribution in [-0.4, -0.2) is 30.4 Å². The number of aliphatic hydroxyl groups excluding tert-OH is 1. The number of aromatic nitrogens is 1. The molecule has 1 heterocycles. The van der Waals surface area contributed by atoms with E-state index in [1.807, 2.05) is 0 Å². The molecule has 3 aromatic rings. The van der Waals surface area contributed by atoms with Crippen molar-refractivity contribution in [2.24, 2.45) is 0 Å². The molecule has 24 heavy (non-hydrogen) atoms. The highest BCUT2D eigenvalue weighted by Gasteiger charge is 2.15. The average Bonchev–Trinajstić information content (AvgIpc) is 2.61. The van der Waals surface area contributed by atoms with Crippen LogP contribution in [0.25, 0.3) is 22.0 Å². The first kappa shape index (κ1) is 16.0. The third-order valence-corrected chi connectivity index (χ3v) is 3.70. The van der Waals surface area contributed by atoms with Crippen LogP contribution in [0.5, 0.6) is 11.5 Å². The first-order valence-corrected chi connectivity index (χ1v) is 7.37. The van der Waals surface area contributed by atoms with E-state index in [2.05, 4.69) is 4.98 Å². The van der Waals surface area contributed by atoms with Gasteiger partial charge in [0.25, 0.3) is 0 Å². The molecular formula is C18H16FNO4. The Morgan fingerprint density at radius 3 is 2.58 bits per heavy atom. The van der Waals surface area contributed by atoms with Gasteiger partial charge in [-0.05, 0) is 29.8 Å². The number of aromatic amines is 1. The Labute approximate surface area is 137 Å². The lowest BCUT2D eigenvalue weighted by Crippen LogP contribution is -2.10. The summed E-state index contributed by atoms with van der Waals surface area (Å²) < 4.78 is 24.7. The van der Waals surface area contributed by atoms with Gasteiger partial charge in [-0.25, -0.2) is 4.39 Å². The summed E-state index contributed by atoms with van der Waals surface area (Å²) in [6, 6.07) is 9.54. The van der Waals surface area contributed by atoms with Crippen LogP contribution in [0.4, 0.5) is 4.39 Å². The maximum absolute atomic E-state index is 14.2. The Morgan fingerprint density at radius 2 is 1.92 bits per heavy atom. The molecule has 2 aromatic carbocycles. The van der Waals surface area contributed by atoms with Crippen molar-refractivity contribution in [1.82, 2.24) is 4.98 Å². The maximum Gasteiger partial charge on any atom is 0.200 e. The summed E-state index contributed by atoms with van der Waals surface area (Å²) in [5.41, 5.74) is 0.843. The Balaban J connectivity index is 2.16. The van der Waals surface area contributed by atoms with Crippen LogP contribution >= 0.6 is 0 Å². The van der Waals surface area contributed by atoms with Crippen LogP contribution in [0.3, 0.4) is 0 Å². The number of hydrogen-bond acceptors (Lipinski definition) is 4. The molecule has 0 saturated heterocycles. The summed E-state index contributed by atoms with van der Waals surface area (Å²) in [7, 11) is 1.56. The monoisotopic (exact) mass is 329 g/mol. The number of benzene rings is 2. The minimum Gasteiger partial charge on any atom is -0.497 e. The van der Waals surface area contributed by atoms with Crippen LogP contribution in [0.1, 0.15) is 0 Å². The minimum atomic E-state index is -0.627. The number of hydrogen-bond donors (Lipinski definition) is 2. The third kappa shape index (κ3) is 2.83. The van der Waals surface area contributed by atoms with Crippen molar-refractivity contribution in [3.05, 3.63) is 58.6 Å². The molecule has 0 fully saturated rings. The molecule has 0 amide bonds. The van der Waals surface area contributed by atoms with E-state index in [-0.39, 0.29) is 24.1 Å². The van der Waals surface area contributed by atoms with Gasteiger partial charge in [0.2, 0.25) is 0 Å². The second kappa shape index (κ2) is 6.72. The predicted octanol–water partition coefficient (Wildman–Crippen LogP) is 2.71. The number of ether oxygens (including phenoxy) is 2. The van der Waals surface area contributed by atoms with E-state index in [4.69, 9.17) is 14.6 Å². The van der Waals surface area contributed by atoms with Gasteiger partial charge in [0.1, 0.15) is 23.9 Å². The first-order valence-electron chi connectivity index (χ1n) is 7.37. The van der Waals surface area contributed by atoms with Crippen molar-refractivity contribution >= 4 is 10.9 Å². The lowest BCUT2D eigenvalue weighted by Gasteiger charge is -2.10. The Morgan fingerprint density at radius 1 is 1.17 bits per heavy atom. The summed E-state index contributed by atoms with van der Waals surface area (Å²) in [6.07, 6.45) is 1.53. The van der Waals surface area contributed by atoms with Gasteiger partial charge in [0, 0.05) is 11.8 Å². The topological polar surface area (TPSA) is 71.6 Å². The number of methoxy groups -OCH3 is 1. The molecule has 0 atom stereocenters. The summed E-state index contributed by atoms with van der Waals surface area (Å²) in [5, 5.41) is 8.79. The first-order chi connectivity index (χ1) is 11.7. The second-order valence-corrected chi connectivity index (χ2v) is 5.13. The van der Waals surface area contributed by atoms with Gasteiger partial charge >= 0.3 is 0 Å². The Bertz CT molecular complexity index is 919. The molecule has 6 heteroatoms. The number of rotatable bonds is 5. The molecule has 0 aliphatic rings. The van der Waals surface area contributed by atoms with E-state index in [1.54, 1.807) is 31.4 Å². The Kier molecular flexibility index (Phi) is 4.48. The van der Waals surface area contributed by atoms with Gasteiger partial charge in [-0.3, -0.25) is 4.79 Å². The zero-order chi connectivity index (χ0) is 17.1. The van der Waals surface area contributed by atoms with Crippen LogP contribution in [0.2, 0.25) is 0 Å². The smallest absolute Gasteiger partial charge is 0.200 e. The molecule has 2 N–H and O–H groups in total. The van der Waals surface area contributed by atoms with Gasteiger partial charge < -0.3 is 19.6 Å². The molecule has 0 unspecified atom stereocenters. The largest absolute Gasteiger partial charge is 0.497 e. The molecule has 3 rings (SSSR count). The molecule has 0 bridgehead atoms. The number of fused-ring (bicyclic) bond motifs is 1. The van der Waals surface area contributed by atoms with Crippen molar-refractivity contribution in [2.45, 2.75) is 0 Å². The van der Waals surface area contributed by atoms with E-state index < -0.39 is 11.2 Å².